The maximum Gasteiger partial charge on any atom is 0.223 e. The molecule has 0 aliphatic carbocycles. The Hall–Kier alpha value is -2.14. The lowest BCUT2D eigenvalue weighted by molar-refractivity contribution is -0.131. The number of aryl methyl sites for hydroxylation is 1. The molecule has 1 fully saturated rings. The molecule has 0 saturated carbocycles. The Morgan fingerprint density at radius 1 is 1.11 bits per heavy atom. The summed E-state index contributed by atoms with van der Waals surface area (Å²) in [5.74, 6) is 2.61. The first-order valence-corrected chi connectivity index (χ1v) is 10.1. The molecule has 3 rings (SSSR count). The van der Waals surface area contributed by atoms with Gasteiger partial charge in [0.2, 0.25) is 5.91 Å². The molecule has 6 heteroatoms. The molecule has 1 aliphatic rings. The lowest BCUT2D eigenvalue weighted by Crippen LogP contribution is -2.49. The molecule has 2 aromatic rings. The van der Waals surface area contributed by atoms with Crippen LogP contribution < -0.4 is 4.90 Å². The van der Waals surface area contributed by atoms with Crippen LogP contribution in [0.2, 0.25) is 0 Å². The smallest absolute Gasteiger partial charge is 0.223 e. The molecule has 1 amide bonds. The fourth-order valence-electron chi connectivity index (χ4n) is 3.61. The van der Waals surface area contributed by atoms with Crippen molar-refractivity contribution in [1.82, 2.24) is 14.9 Å². The fraction of sp³-hybridized carbons (Fsp3) is 0.476. The van der Waals surface area contributed by atoms with Gasteiger partial charge in [0.05, 0.1) is 0 Å². The quantitative estimate of drug-likeness (QED) is 0.732. The Kier molecular flexibility index (Phi) is 6.32. The summed E-state index contributed by atoms with van der Waals surface area (Å²) < 4.78 is 0. The molecule has 0 unspecified atom stereocenters. The minimum absolute atomic E-state index is 0.137. The summed E-state index contributed by atoms with van der Waals surface area (Å²) >= 11 is 5.71. The lowest BCUT2D eigenvalue weighted by atomic mass is 10.0. The Labute approximate surface area is 166 Å². The third kappa shape index (κ3) is 4.41. The van der Waals surface area contributed by atoms with E-state index >= 15 is 0 Å². The molecular formula is C21H27ClN4O. The maximum atomic E-state index is 12.1. The number of aromatic nitrogens is 2. The van der Waals surface area contributed by atoms with E-state index in [2.05, 4.69) is 25.7 Å². The van der Waals surface area contributed by atoms with Crippen molar-refractivity contribution in [3.63, 3.8) is 0 Å². The van der Waals surface area contributed by atoms with Gasteiger partial charge >= 0.3 is 0 Å². The van der Waals surface area contributed by atoms with Gasteiger partial charge in [-0.1, -0.05) is 44.2 Å². The predicted octanol–water partition coefficient (Wildman–Crippen LogP) is 3.85. The van der Waals surface area contributed by atoms with E-state index in [0.29, 0.717) is 31.3 Å². The molecule has 2 heterocycles. The monoisotopic (exact) mass is 386 g/mol. The maximum absolute atomic E-state index is 12.1. The summed E-state index contributed by atoms with van der Waals surface area (Å²) in [6.45, 7) is 9.38. The fourth-order valence-corrected chi connectivity index (χ4v) is 3.77. The molecule has 0 atom stereocenters. The highest BCUT2D eigenvalue weighted by Gasteiger charge is 2.25. The van der Waals surface area contributed by atoms with E-state index in [0.717, 1.165) is 36.0 Å². The number of carbonyl (C=O) groups excluding carboxylic acids is 1. The van der Waals surface area contributed by atoms with Crippen LogP contribution in [0.25, 0.3) is 11.4 Å². The number of anilines is 1. The molecule has 144 valence electrons. The second kappa shape index (κ2) is 8.70. The van der Waals surface area contributed by atoms with Crippen LogP contribution in [0.3, 0.4) is 0 Å². The number of piperazine rings is 1. The van der Waals surface area contributed by atoms with Crippen molar-refractivity contribution in [2.75, 3.05) is 37.0 Å². The van der Waals surface area contributed by atoms with E-state index < -0.39 is 0 Å². The SMILES string of the molecule is Cc1nc(-c2ccccc2)nc(N2CCN(C(=O)CCCl)CC2)c1C(C)C. The normalized spacial score (nSPS) is 14.7. The first-order chi connectivity index (χ1) is 13.0. The van der Waals surface area contributed by atoms with Crippen LogP contribution in [0.4, 0.5) is 5.82 Å². The molecule has 1 saturated heterocycles. The minimum Gasteiger partial charge on any atom is -0.353 e. The molecule has 5 nitrogen and oxygen atoms in total. The van der Waals surface area contributed by atoms with Crippen molar-refractivity contribution >= 4 is 23.3 Å². The zero-order valence-corrected chi connectivity index (χ0v) is 17.0. The van der Waals surface area contributed by atoms with Crippen molar-refractivity contribution in [1.29, 1.82) is 0 Å². The minimum atomic E-state index is 0.137. The van der Waals surface area contributed by atoms with E-state index in [4.69, 9.17) is 21.6 Å². The van der Waals surface area contributed by atoms with E-state index in [9.17, 15) is 4.79 Å². The number of carbonyl (C=O) groups is 1. The first kappa shape index (κ1) is 19.6. The van der Waals surface area contributed by atoms with Gasteiger partial charge in [-0.25, -0.2) is 9.97 Å². The summed E-state index contributed by atoms with van der Waals surface area (Å²) in [5, 5.41) is 0. The number of nitrogens with zero attached hydrogens (tertiary/aromatic N) is 4. The Morgan fingerprint density at radius 2 is 1.78 bits per heavy atom. The molecule has 1 aromatic carbocycles. The highest BCUT2D eigenvalue weighted by Crippen LogP contribution is 2.31. The number of rotatable bonds is 5. The summed E-state index contributed by atoms with van der Waals surface area (Å²) in [4.78, 5) is 26.0. The first-order valence-electron chi connectivity index (χ1n) is 9.54. The van der Waals surface area contributed by atoms with Gasteiger partial charge in [0.25, 0.3) is 0 Å². The zero-order chi connectivity index (χ0) is 19.4. The second-order valence-electron chi connectivity index (χ2n) is 7.20. The molecule has 1 aromatic heterocycles. The van der Waals surface area contributed by atoms with Gasteiger partial charge in [0.1, 0.15) is 5.82 Å². The standard InChI is InChI=1S/C21H27ClN4O/c1-15(2)19-16(3)23-20(17-7-5-4-6-8-17)24-21(19)26-13-11-25(12-14-26)18(27)9-10-22/h4-8,15H,9-14H2,1-3H3. The van der Waals surface area contributed by atoms with Crippen LogP contribution in [-0.2, 0) is 4.79 Å². The average Bonchev–Trinajstić information content (AvgIpc) is 2.68. The Morgan fingerprint density at radius 3 is 2.37 bits per heavy atom. The highest BCUT2D eigenvalue weighted by molar-refractivity contribution is 6.18. The molecule has 0 spiro atoms. The van der Waals surface area contributed by atoms with Gasteiger partial charge in [-0.2, -0.15) is 0 Å². The van der Waals surface area contributed by atoms with Gasteiger partial charge in [0.15, 0.2) is 5.82 Å². The number of hydrogen-bond donors (Lipinski definition) is 0. The summed E-state index contributed by atoms with van der Waals surface area (Å²) in [5.41, 5.74) is 3.23. The van der Waals surface area contributed by atoms with Crippen molar-refractivity contribution in [2.24, 2.45) is 0 Å². The third-order valence-electron chi connectivity index (χ3n) is 4.97. The summed E-state index contributed by atoms with van der Waals surface area (Å²) in [6, 6.07) is 10.1. The Bertz CT molecular complexity index is 786. The van der Waals surface area contributed by atoms with Gasteiger partial charge in [-0.3, -0.25) is 4.79 Å². The van der Waals surface area contributed by atoms with Gasteiger partial charge in [0, 0.05) is 55.3 Å². The van der Waals surface area contributed by atoms with Crippen LogP contribution in [0.15, 0.2) is 30.3 Å². The average molecular weight is 387 g/mol. The molecule has 27 heavy (non-hydrogen) atoms. The van der Waals surface area contributed by atoms with Crippen LogP contribution in [0.1, 0.15) is 37.4 Å². The highest BCUT2D eigenvalue weighted by atomic mass is 35.5. The second-order valence-corrected chi connectivity index (χ2v) is 7.58. The third-order valence-corrected chi connectivity index (χ3v) is 5.15. The van der Waals surface area contributed by atoms with Crippen LogP contribution >= 0.6 is 11.6 Å². The number of alkyl halides is 1. The molecule has 1 aliphatic heterocycles. The number of hydrogen-bond acceptors (Lipinski definition) is 4. The van der Waals surface area contributed by atoms with Crippen LogP contribution in [0.5, 0.6) is 0 Å². The van der Waals surface area contributed by atoms with Crippen molar-refractivity contribution in [2.45, 2.75) is 33.1 Å². The van der Waals surface area contributed by atoms with E-state index in [1.807, 2.05) is 35.2 Å². The summed E-state index contributed by atoms with van der Waals surface area (Å²) in [6.07, 6.45) is 0.406. The number of halogens is 1. The van der Waals surface area contributed by atoms with E-state index in [1.54, 1.807) is 0 Å². The molecule has 0 N–H and O–H groups in total. The Balaban J connectivity index is 1.90. The molecule has 0 radical (unpaired) electrons. The van der Waals surface area contributed by atoms with Crippen molar-refractivity contribution in [3.8, 4) is 11.4 Å². The molecule has 0 bridgehead atoms. The lowest BCUT2D eigenvalue weighted by Gasteiger charge is -2.37. The van der Waals surface area contributed by atoms with Crippen LogP contribution in [0, 0.1) is 6.92 Å². The zero-order valence-electron chi connectivity index (χ0n) is 16.3. The molecular weight excluding hydrogens is 360 g/mol. The number of amides is 1. The van der Waals surface area contributed by atoms with Gasteiger partial charge in [-0.05, 0) is 12.8 Å². The summed E-state index contributed by atoms with van der Waals surface area (Å²) in [7, 11) is 0. The van der Waals surface area contributed by atoms with E-state index in [1.165, 1.54) is 5.56 Å². The largest absolute Gasteiger partial charge is 0.353 e. The van der Waals surface area contributed by atoms with Crippen molar-refractivity contribution < 1.29 is 4.79 Å². The van der Waals surface area contributed by atoms with Gasteiger partial charge < -0.3 is 9.80 Å². The van der Waals surface area contributed by atoms with E-state index in [-0.39, 0.29) is 5.91 Å². The predicted molar refractivity (Wildman–Crippen MR) is 110 cm³/mol. The van der Waals surface area contributed by atoms with Gasteiger partial charge in [-0.15, -0.1) is 11.6 Å². The van der Waals surface area contributed by atoms with Crippen molar-refractivity contribution in [3.05, 3.63) is 41.6 Å². The van der Waals surface area contributed by atoms with Crippen LogP contribution in [-0.4, -0.2) is 52.8 Å². The topological polar surface area (TPSA) is 49.3 Å². The number of benzene rings is 1.